The summed E-state index contributed by atoms with van der Waals surface area (Å²) >= 11 is 1.50. The Morgan fingerprint density at radius 1 is 1.02 bits per heavy atom. The van der Waals surface area contributed by atoms with Crippen LogP contribution in [0.4, 0.5) is 0 Å². The summed E-state index contributed by atoms with van der Waals surface area (Å²) < 4.78 is 10.6. The first-order valence-corrected chi connectivity index (χ1v) is 15.1. The van der Waals surface area contributed by atoms with Crippen LogP contribution in [0.15, 0.2) is 53.1 Å². The average Bonchev–Trinajstić information content (AvgIpc) is 3.43. The molecule has 0 saturated carbocycles. The highest BCUT2D eigenvalue weighted by Crippen LogP contribution is 2.26. The third-order valence-electron chi connectivity index (χ3n) is 5.51. The molecular weight excluding hydrogens is 540 g/mol. The Morgan fingerprint density at radius 2 is 1.71 bits per heavy atom. The lowest BCUT2D eigenvalue weighted by Crippen LogP contribution is -2.51. The molecule has 1 unspecified atom stereocenters. The molecule has 41 heavy (non-hydrogen) atoms. The van der Waals surface area contributed by atoms with E-state index in [4.69, 9.17) is 9.26 Å². The standard InChI is InChI=1S/C27H32N4O5S.2C2H6/c1-17(2)25(26(34)28-14-22(32)16-37-15-19-8-6-5-7-9-19)30-24(33)13-21-12-20(10-11-23(21)35-4)27-29-18(3)31-36-27;2*1-2/h5-12,17,25H,13-16H2,1-4H3,(H,28,34)(H,30,33);2*1-2H3. The highest BCUT2D eigenvalue weighted by Gasteiger charge is 2.25. The zero-order valence-corrected chi connectivity index (χ0v) is 26.3. The molecule has 0 aliphatic rings. The van der Waals surface area contributed by atoms with Crippen molar-refractivity contribution in [1.29, 1.82) is 0 Å². The van der Waals surface area contributed by atoms with Crippen molar-refractivity contribution < 1.29 is 23.6 Å². The summed E-state index contributed by atoms with van der Waals surface area (Å²) in [5.41, 5.74) is 2.41. The van der Waals surface area contributed by atoms with Crippen molar-refractivity contribution >= 4 is 29.4 Å². The zero-order chi connectivity index (χ0) is 30.8. The van der Waals surface area contributed by atoms with Crippen LogP contribution < -0.4 is 15.4 Å². The SMILES string of the molecule is CC.CC.COc1ccc(-c2nc(C)no2)cc1CC(=O)NC(C(=O)NCC(=O)CSCc1ccccc1)C(C)C. The molecule has 0 aliphatic heterocycles. The summed E-state index contributed by atoms with van der Waals surface area (Å²) in [7, 11) is 1.52. The smallest absolute Gasteiger partial charge is 0.257 e. The largest absolute Gasteiger partial charge is 0.496 e. The van der Waals surface area contributed by atoms with Gasteiger partial charge >= 0.3 is 0 Å². The van der Waals surface area contributed by atoms with E-state index in [1.54, 1.807) is 25.1 Å². The number of nitrogens with zero attached hydrogens (tertiary/aromatic N) is 2. The van der Waals surface area contributed by atoms with Gasteiger partial charge in [-0.25, -0.2) is 0 Å². The zero-order valence-electron chi connectivity index (χ0n) is 25.4. The molecule has 0 radical (unpaired) electrons. The summed E-state index contributed by atoms with van der Waals surface area (Å²) in [6.45, 7) is 13.3. The maximum absolute atomic E-state index is 12.9. The molecule has 0 saturated heterocycles. The molecule has 1 atom stereocenters. The van der Waals surface area contributed by atoms with Crippen molar-refractivity contribution in [2.45, 2.75) is 66.7 Å². The molecule has 3 rings (SSSR count). The highest BCUT2D eigenvalue weighted by atomic mass is 32.2. The van der Waals surface area contributed by atoms with Crippen LogP contribution in [0, 0.1) is 12.8 Å². The summed E-state index contributed by atoms with van der Waals surface area (Å²) in [5, 5.41) is 9.26. The van der Waals surface area contributed by atoms with Gasteiger partial charge in [-0.2, -0.15) is 4.98 Å². The van der Waals surface area contributed by atoms with Gasteiger partial charge < -0.3 is 19.9 Å². The molecule has 2 N–H and O–H groups in total. The number of nitrogens with one attached hydrogen (secondary N) is 2. The second kappa shape index (κ2) is 19.4. The van der Waals surface area contributed by atoms with Crippen molar-refractivity contribution in [2.24, 2.45) is 5.92 Å². The number of aryl methyl sites for hydroxylation is 1. The Morgan fingerprint density at radius 3 is 2.29 bits per heavy atom. The predicted octanol–water partition coefficient (Wildman–Crippen LogP) is 5.41. The van der Waals surface area contributed by atoms with Crippen molar-refractivity contribution in [3.8, 4) is 17.2 Å². The third kappa shape index (κ3) is 12.2. The van der Waals surface area contributed by atoms with Crippen molar-refractivity contribution in [2.75, 3.05) is 19.4 Å². The van der Waals surface area contributed by atoms with E-state index in [1.165, 1.54) is 18.9 Å². The summed E-state index contributed by atoms with van der Waals surface area (Å²) in [6, 6.07) is 14.3. The first-order chi connectivity index (χ1) is 19.8. The Hall–Kier alpha value is -3.66. The number of carbonyl (C=O) groups excluding carboxylic acids is 3. The van der Waals surface area contributed by atoms with E-state index in [9.17, 15) is 14.4 Å². The molecule has 2 amide bonds. The number of rotatable bonds is 13. The number of ketones is 1. The van der Waals surface area contributed by atoms with Crippen LogP contribution in [-0.2, 0) is 26.6 Å². The molecule has 1 aromatic heterocycles. The van der Waals surface area contributed by atoms with Gasteiger partial charge in [-0.05, 0) is 36.6 Å². The third-order valence-corrected chi connectivity index (χ3v) is 6.57. The van der Waals surface area contributed by atoms with Gasteiger partial charge in [-0.15, -0.1) is 11.8 Å². The van der Waals surface area contributed by atoms with Crippen LogP contribution in [0.25, 0.3) is 11.5 Å². The van der Waals surface area contributed by atoms with E-state index in [0.717, 1.165) is 11.3 Å². The minimum atomic E-state index is -0.787. The Labute approximate surface area is 248 Å². The van der Waals surface area contributed by atoms with E-state index in [1.807, 2.05) is 71.9 Å². The summed E-state index contributed by atoms with van der Waals surface area (Å²) in [4.78, 5) is 42.2. The second-order valence-electron chi connectivity index (χ2n) is 8.87. The van der Waals surface area contributed by atoms with Gasteiger partial charge in [0.25, 0.3) is 5.89 Å². The van der Waals surface area contributed by atoms with Crippen LogP contribution in [0.1, 0.15) is 58.5 Å². The molecule has 0 spiro atoms. The van der Waals surface area contributed by atoms with E-state index in [2.05, 4.69) is 20.8 Å². The van der Waals surface area contributed by atoms with E-state index < -0.39 is 11.9 Å². The fraction of sp³-hybridized carbons (Fsp3) is 0.452. The molecule has 0 aliphatic carbocycles. The van der Waals surface area contributed by atoms with Crippen molar-refractivity contribution in [3.05, 3.63) is 65.5 Å². The van der Waals surface area contributed by atoms with Crippen LogP contribution in [0.2, 0.25) is 0 Å². The van der Waals surface area contributed by atoms with Gasteiger partial charge in [0.1, 0.15) is 11.8 Å². The number of benzene rings is 2. The quantitative estimate of drug-likeness (QED) is 0.273. The first-order valence-electron chi connectivity index (χ1n) is 13.9. The molecule has 0 fully saturated rings. The number of methoxy groups -OCH3 is 1. The number of aromatic nitrogens is 2. The lowest BCUT2D eigenvalue weighted by atomic mass is 10.0. The maximum atomic E-state index is 12.9. The first kappa shape index (κ1) is 35.4. The van der Waals surface area contributed by atoms with Crippen LogP contribution in [0.3, 0.4) is 0 Å². The number of amides is 2. The molecule has 9 nitrogen and oxygen atoms in total. The van der Waals surface area contributed by atoms with E-state index >= 15 is 0 Å². The maximum Gasteiger partial charge on any atom is 0.257 e. The molecule has 2 aromatic carbocycles. The minimum Gasteiger partial charge on any atom is -0.496 e. The molecular formula is C31H44N4O5S. The van der Waals surface area contributed by atoms with Crippen LogP contribution >= 0.6 is 11.8 Å². The minimum absolute atomic E-state index is 0.0182. The highest BCUT2D eigenvalue weighted by molar-refractivity contribution is 7.99. The Bertz CT molecular complexity index is 1210. The van der Waals surface area contributed by atoms with Crippen LogP contribution in [0.5, 0.6) is 5.75 Å². The van der Waals surface area contributed by atoms with Gasteiger partial charge in [0, 0.05) is 16.9 Å². The van der Waals surface area contributed by atoms with Gasteiger partial charge in [0.2, 0.25) is 11.8 Å². The average molecular weight is 585 g/mol. The number of hydrogen-bond donors (Lipinski definition) is 2. The summed E-state index contributed by atoms with van der Waals surface area (Å²) in [5.74, 6) is 1.38. The molecule has 3 aromatic rings. The lowest BCUT2D eigenvalue weighted by Gasteiger charge is -2.22. The number of ether oxygens (including phenoxy) is 1. The van der Waals surface area contributed by atoms with E-state index in [-0.39, 0.29) is 30.6 Å². The Balaban J connectivity index is 0.00000201. The normalized spacial score (nSPS) is 10.9. The van der Waals surface area contributed by atoms with Gasteiger partial charge in [0.05, 0.1) is 25.8 Å². The fourth-order valence-electron chi connectivity index (χ4n) is 3.60. The molecule has 10 heteroatoms. The van der Waals surface area contributed by atoms with Gasteiger partial charge in [-0.3, -0.25) is 14.4 Å². The fourth-order valence-corrected chi connectivity index (χ4v) is 4.46. The topological polar surface area (TPSA) is 123 Å². The number of Topliss-reactive ketones (excluding diaryl/α,β-unsaturated/α-hetero) is 1. The summed E-state index contributed by atoms with van der Waals surface area (Å²) in [6.07, 6.45) is -0.0182. The molecule has 0 bridgehead atoms. The number of thioether (sulfide) groups is 1. The number of carbonyl (C=O) groups is 3. The Kier molecular flexibility index (Phi) is 16.8. The molecule has 224 valence electrons. The van der Waals surface area contributed by atoms with Gasteiger partial charge in [0.15, 0.2) is 11.6 Å². The van der Waals surface area contributed by atoms with E-state index in [0.29, 0.717) is 34.3 Å². The predicted molar refractivity (Wildman–Crippen MR) is 165 cm³/mol. The lowest BCUT2D eigenvalue weighted by molar-refractivity contribution is -0.130. The van der Waals surface area contributed by atoms with Crippen molar-refractivity contribution in [3.63, 3.8) is 0 Å². The van der Waals surface area contributed by atoms with Gasteiger partial charge in [-0.1, -0.05) is 77.0 Å². The number of hydrogen-bond acceptors (Lipinski definition) is 8. The second-order valence-corrected chi connectivity index (χ2v) is 9.86. The van der Waals surface area contributed by atoms with Crippen LogP contribution in [-0.4, -0.2) is 53.2 Å². The molecule has 1 heterocycles. The van der Waals surface area contributed by atoms with Crippen molar-refractivity contribution in [1.82, 2.24) is 20.8 Å². The monoisotopic (exact) mass is 584 g/mol.